The van der Waals surface area contributed by atoms with E-state index in [-0.39, 0.29) is 24.2 Å². The molecular weight excluding hydrogens is 239 g/mol. The number of halogens is 1. The van der Waals surface area contributed by atoms with Gasteiger partial charge < -0.3 is 10.6 Å². The lowest BCUT2D eigenvalue weighted by molar-refractivity contribution is -0.118. The summed E-state index contributed by atoms with van der Waals surface area (Å²) in [5.41, 5.74) is 5.80. The zero-order valence-electron chi connectivity index (χ0n) is 9.65. The molecule has 1 amide bonds. The lowest BCUT2D eigenvalue weighted by Crippen LogP contribution is -2.43. The Morgan fingerprint density at radius 3 is 3.12 bits per heavy atom. The monoisotopic (exact) mass is 254 g/mol. The molecule has 0 aromatic heterocycles. The van der Waals surface area contributed by atoms with Gasteiger partial charge in [-0.1, -0.05) is 6.07 Å². The fourth-order valence-corrected chi connectivity index (χ4v) is 3.04. The molecule has 0 fully saturated rings. The van der Waals surface area contributed by atoms with Crippen LogP contribution in [0.25, 0.3) is 0 Å². The van der Waals surface area contributed by atoms with Crippen molar-refractivity contribution in [3.8, 4) is 0 Å². The number of rotatable bonds is 2. The Morgan fingerprint density at radius 1 is 1.65 bits per heavy atom. The number of amides is 1. The van der Waals surface area contributed by atoms with Crippen LogP contribution in [0.5, 0.6) is 0 Å². The number of para-hydroxylation sites is 1. The Labute approximate surface area is 104 Å². The quantitative estimate of drug-likeness (QED) is 0.878. The molecule has 1 aromatic rings. The summed E-state index contributed by atoms with van der Waals surface area (Å²) in [6.07, 6.45) is 0.253. The Morgan fingerprint density at radius 2 is 2.41 bits per heavy atom. The third kappa shape index (κ3) is 2.30. The molecule has 0 radical (unpaired) electrons. The van der Waals surface area contributed by atoms with Crippen LogP contribution >= 0.6 is 11.8 Å². The van der Waals surface area contributed by atoms with Gasteiger partial charge in [0.2, 0.25) is 5.91 Å². The Kier molecular flexibility index (Phi) is 3.69. The summed E-state index contributed by atoms with van der Waals surface area (Å²) in [6, 6.07) is 4.91. The second kappa shape index (κ2) is 5.06. The van der Waals surface area contributed by atoms with E-state index in [1.165, 1.54) is 6.07 Å². The summed E-state index contributed by atoms with van der Waals surface area (Å²) in [7, 11) is 0. The van der Waals surface area contributed by atoms with E-state index in [2.05, 4.69) is 0 Å². The van der Waals surface area contributed by atoms with Crippen molar-refractivity contribution >= 4 is 23.4 Å². The third-order valence-electron chi connectivity index (χ3n) is 2.74. The molecule has 0 spiro atoms. The molecular formula is C12H15FN2OS. The van der Waals surface area contributed by atoms with Gasteiger partial charge in [-0.05, 0) is 19.1 Å². The van der Waals surface area contributed by atoms with Crippen molar-refractivity contribution in [2.45, 2.75) is 24.3 Å². The second-order valence-corrected chi connectivity index (χ2v) is 5.11. The maximum atomic E-state index is 13.9. The van der Waals surface area contributed by atoms with Crippen molar-refractivity contribution in [3.05, 3.63) is 24.0 Å². The number of carbonyl (C=O) groups excluding carboxylic acids is 1. The van der Waals surface area contributed by atoms with Crippen molar-refractivity contribution in [1.82, 2.24) is 0 Å². The first-order valence-electron chi connectivity index (χ1n) is 5.58. The molecule has 92 valence electrons. The minimum atomic E-state index is -0.341. The third-order valence-corrected chi connectivity index (χ3v) is 4.03. The Balaban J connectivity index is 2.42. The van der Waals surface area contributed by atoms with Crippen LogP contribution in [-0.4, -0.2) is 24.2 Å². The number of carbonyl (C=O) groups is 1. The standard InChI is InChI=1S/C12H15FN2OS/c1-8-7-17-10-4-2-3-9(13)12(10)15(8)11(16)5-6-14/h2-4,8H,5-7,14H2,1H3. The number of hydrogen-bond acceptors (Lipinski definition) is 3. The minimum absolute atomic E-state index is 0.00319. The van der Waals surface area contributed by atoms with Crippen LogP contribution in [0.15, 0.2) is 23.1 Å². The summed E-state index contributed by atoms with van der Waals surface area (Å²) in [5.74, 6) is 0.339. The lowest BCUT2D eigenvalue weighted by Gasteiger charge is -2.35. The van der Waals surface area contributed by atoms with Gasteiger partial charge in [0.1, 0.15) is 5.82 Å². The highest BCUT2D eigenvalue weighted by molar-refractivity contribution is 7.99. The molecule has 1 heterocycles. The predicted molar refractivity (Wildman–Crippen MR) is 67.7 cm³/mol. The van der Waals surface area contributed by atoms with Gasteiger partial charge in [-0.25, -0.2) is 4.39 Å². The van der Waals surface area contributed by atoms with Gasteiger partial charge >= 0.3 is 0 Å². The van der Waals surface area contributed by atoms with E-state index < -0.39 is 0 Å². The average Bonchev–Trinajstić information content (AvgIpc) is 2.30. The molecule has 2 N–H and O–H groups in total. The smallest absolute Gasteiger partial charge is 0.228 e. The molecule has 0 aliphatic carbocycles. The average molecular weight is 254 g/mol. The molecule has 1 aliphatic heterocycles. The van der Waals surface area contributed by atoms with Crippen LogP contribution in [0.3, 0.4) is 0 Å². The Bertz CT molecular complexity index is 439. The van der Waals surface area contributed by atoms with Crippen LogP contribution in [0, 0.1) is 5.82 Å². The van der Waals surface area contributed by atoms with E-state index in [9.17, 15) is 9.18 Å². The number of nitrogens with two attached hydrogens (primary N) is 1. The summed E-state index contributed by atoms with van der Waals surface area (Å²) >= 11 is 1.59. The van der Waals surface area contributed by atoms with Crippen molar-refractivity contribution in [3.63, 3.8) is 0 Å². The first kappa shape index (κ1) is 12.4. The zero-order chi connectivity index (χ0) is 12.4. The maximum Gasteiger partial charge on any atom is 0.228 e. The fourth-order valence-electron chi connectivity index (χ4n) is 1.97. The largest absolute Gasteiger partial charge is 0.330 e. The topological polar surface area (TPSA) is 46.3 Å². The molecule has 0 saturated carbocycles. The molecule has 0 saturated heterocycles. The van der Waals surface area contributed by atoms with Crippen molar-refractivity contribution in [1.29, 1.82) is 0 Å². The first-order chi connectivity index (χ1) is 8.15. The highest BCUT2D eigenvalue weighted by Crippen LogP contribution is 2.39. The highest BCUT2D eigenvalue weighted by atomic mass is 32.2. The van der Waals surface area contributed by atoms with Gasteiger partial charge in [0, 0.05) is 29.7 Å². The molecule has 2 rings (SSSR count). The Hall–Kier alpha value is -1.07. The zero-order valence-corrected chi connectivity index (χ0v) is 10.5. The molecule has 1 atom stereocenters. The number of benzene rings is 1. The van der Waals surface area contributed by atoms with Gasteiger partial charge in [-0.15, -0.1) is 11.8 Å². The molecule has 0 bridgehead atoms. The summed E-state index contributed by atoms with van der Waals surface area (Å²) in [6.45, 7) is 2.22. The van der Waals surface area contributed by atoms with Gasteiger partial charge in [0.25, 0.3) is 0 Å². The summed E-state index contributed by atoms with van der Waals surface area (Å²) in [5, 5.41) is 0. The number of fused-ring (bicyclic) bond motifs is 1. The van der Waals surface area contributed by atoms with Gasteiger partial charge in [-0.2, -0.15) is 0 Å². The van der Waals surface area contributed by atoms with Crippen LogP contribution in [0.2, 0.25) is 0 Å². The molecule has 1 aromatic carbocycles. The van der Waals surface area contributed by atoms with E-state index in [4.69, 9.17) is 5.73 Å². The SMILES string of the molecule is CC1CSc2cccc(F)c2N1C(=O)CCN. The van der Waals surface area contributed by atoms with Crippen LogP contribution in [-0.2, 0) is 4.79 Å². The minimum Gasteiger partial charge on any atom is -0.330 e. The van der Waals surface area contributed by atoms with Crippen molar-refractivity contribution < 1.29 is 9.18 Å². The predicted octanol–water partition coefficient (Wildman–Crippen LogP) is 2.00. The maximum absolute atomic E-state index is 13.9. The normalized spacial score (nSPS) is 19.0. The molecule has 1 unspecified atom stereocenters. The number of nitrogens with zero attached hydrogens (tertiary/aromatic N) is 1. The fraction of sp³-hybridized carbons (Fsp3) is 0.417. The number of hydrogen-bond donors (Lipinski definition) is 1. The van der Waals surface area contributed by atoms with Gasteiger partial charge in [0.05, 0.1) is 5.69 Å². The molecule has 1 aliphatic rings. The number of thioether (sulfide) groups is 1. The van der Waals surface area contributed by atoms with E-state index in [1.54, 1.807) is 22.7 Å². The van der Waals surface area contributed by atoms with Crippen molar-refractivity contribution in [2.24, 2.45) is 5.73 Å². The molecule has 3 nitrogen and oxygen atoms in total. The van der Waals surface area contributed by atoms with E-state index in [1.807, 2.05) is 13.0 Å². The molecule has 5 heteroatoms. The summed E-state index contributed by atoms with van der Waals surface area (Å²) < 4.78 is 13.9. The summed E-state index contributed by atoms with van der Waals surface area (Å²) in [4.78, 5) is 14.4. The van der Waals surface area contributed by atoms with E-state index >= 15 is 0 Å². The first-order valence-corrected chi connectivity index (χ1v) is 6.57. The van der Waals surface area contributed by atoms with E-state index in [0.29, 0.717) is 12.2 Å². The van der Waals surface area contributed by atoms with Crippen molar-refractivity contribution in [2.75, 3.05) is 17.2 Å². The van der Waals surface area contributed by atoms with E-state index in [0.717, 1.165) is 10.6 Å². The van der Waals surface area contributed by atoms with Crippen LogP contribution in [0.4, 0.5) is 10.1 Å². The van der Waals surface area contributed by atoms with Gasteiger partial charge in [-0.3, -0.25) is 4.79 Å². The second-order valence-electron chi connectivity index (χ2n) is 4.05. The van der Waals surface area contributed by atoms with Crippen LogP contribution in [0.1, 0.15) is 13.3 Å². The number of anilines is 1. The van der Waals surface area contributed by atoms with Crippen LogP contribution < -0.4 is 10.6 Å². The highest BCUT2D eigenvalue weighted by Gasteiger charge is 2.30. The van der Waals surface area contributed by atoms with Gasteiger partial charge in [0.15, 0.2) is 0 Å². The lowest BCUT2D eigenvalue weighted by atomic mass is 10.2. The molecule has 17 heavy (non-hydrogen) atoms.